The molecule has 5 heteroatoms. The highest BCUT2D eigenvalue weighted by molar-refractivity contribution is 7.84. The minimum Gasteiger partial charge on any atom is -0.300 e. The van der Waals surface area contributed by atoms with Gasteiger partial charge < -0.3 is 0 Å². The topological polar surface area (TPSA) is 47.8 Å². The third-order valence-electron chi connectivity index (χ3n) is 3.03. The maximum Gasteiger partial charge on any atom is 0.144 e. The lowest BCUT2D eigenvalue weighted by Crippen LogP contribution is -1.96. The van der Waals surface area contributed by atoms with Crippen molar-refractivity contribution in [3.05, 3.63) is 61.2 Å². The van der Waals surface area contributed by atoms with E-state index in [1.165, 1.54) is 0 Å². The Kier molecular flexibility index (Phi) is 3.43. The van der Waals surface area contributed by atoms with Crippen molar-refractivity contribution in [3.8, 4) is 17.1 Å². The molecule has 3 rings (SSSR count). The highest BCUT2D eigenvalue weighted by Crippen LogP contribution is 2.22. The van der Waals surface area contributed by atoms with E-state index in [0.29, 0.717) is 0 Å². The summed E-state index contributed by atoms with van der Waals surface area (Å²) in [5.41, 5.74) is 2.00. The van der Waals surface area contributed by atoms with Crippen LogP contribution in [-0.2, 0) is 10.8 Å². The van der Waals surface area contributed by atoms with E-state index in [4.69, 9.17) is 0 Å². The molecule has 20 heavy (non-hydrogen) atoms. The van der Waals surface area contributed by atoms with Crippen LogP contribution in [0, 0.1) is 0 Å². The second kappa shape index (κ2) is 5.38. The summed E-state index contributed by atoms with van der Waals surface area (Å²) in [5.74, 6) is 0.852. The molecule has 1 unspecified atom stereocenters. The van der Waals surface area contributed by atoms with Crippen molar-refractivity contribution in [1.82, 2.24) is 14.5 Å². The number of hydrogen-bond donors (Lipinski definition) is 0. The fourth-order valence-corrected chi connectivity index (χ4v) is 2.55. The molecule has 0 amide bonds. The lowest BCUT2D eigenvalue weighted by molar-refractivity contribution is 0.687. The number of nitrogens with zero attached hydrogens (tertiary/aromatic N) is 3. The summed E-state index contributed by atoms with van der Waals surface area (Å²) in [6.45, 7) is 0. The van der Waals surface area contributed by atoms with Gasteiger partial charge in [-0.3, -0.25) is 13.8 Å². The average molecular weight is 283 g/mol. The molecule has 4 nitrogen and oxygen atoms in total. The normalized spacial score (nSPS) is 12.2. The number of rotatable bonds is 3. The van der Waals surface area contributed by atoms with Gasteiger partial charge in [-0.05, 0) is 24.3 Å². The molecule has 0 bridgehead atoms. The van der Waals surface area contributed by atoms with Crippen LogP contribution in [0.25, 0.3) is 17.1 Å². The van der Waals surface area contributed by atoms with Crippen molar-refractivity contribution >= 4 is 10.8 Å². The fraction of sp³-hybridized carbons (Fsp3) is 0.0667. The second-order valence-corrected chi connectivity index (χ2v) is 5.68. The van der Waals surface area contributed by atoms with Gasteiger partial charge in [-0.15, -0.1) is 0 Å². The molecule has 1 atom stereocenters. The molecule has 0 fully saturated rings. The molecule has 0 spiro atoms. The van der Waals surface area contributed by atoms with Crippen LogP contribution in [0.3, 0.4) is 0 Å². The molecule has 2 heterocycles. The first-order chi connectivity index (χ1) is 9.75. The number of hydrogen-bond acceptors (Lipinski definition) is 3. The van der Waals surface area contributed by atoms with Crippen molar-refractivity contribution in [1.29, 1.82) is 0 Å². The van der Waals surface area contributed by atoms with Gasteiger partial charge in [0.1, 0.15) is 5.82 Å². The molecule has 3 aromatic rings. The Hall–Kier alpha value is -2.27. The van der Waals surface area contributed by atoms with Crippen molar-refractivity contribution in [3.63, 3.8) is 0 Å². The first kappa shape index (κ1) is 12.7. The first-order valence-electron chi connectivity index (χ1n) is 6.13. The highest BCUT2D eigenvalue weighted by atomic mass is 32.2. The average Bonchev–Trinajstić information content (AvgIpc) is 2.97. The monoisotopic (exact) mass is 283 g/mol. The maximum atomic E-state index is 11.4. The minimum atomic E-state index is -0.961. The molecule has 0 saturated heterocycles. The summed E-state index contributed by atoms with van der Waals surface area (Å²) in [5, 5.41) is 0. The minimum absolute atomic E-state index is 0.816. The number of pyridine rings is 1. The zero-order chi connectivity index (χ0) is 13.9. The Morgan fingerprint density at radius 1 is 1.00 bits per heavy atom. The first-order valence-corrected chi connectivity index (χ1v) is 7.69. The van der Waals surface area contributed by atoms with E-state index >= 15 is 0 Å². The third kappa shape index (κ3) is 2.40. The van der Waals surface area contributed by atoms with Gasteiger partial charge in [-0.2, -0.15) is 0 Å². The maximum absolute atomic E-state index is 11.4. The Morgan fingerprint density at radius 3 is 2.35 bits per heavy atom. The Balaban J connectivity index is 2.04. The lowest BCUT2D eigenvalue weighted by atomic mass is 10.2. The van der Waals surface area contributed by atoms with E-state index < -0.39 is 10.8 Å². The van der Waals surface area contributed by atoms with Gasteiger partial charge in [0.15, 0.2) is 0 Å². The van der Waals surface area contributed by atoms with E-state index in [1.807, 2.05) is 47.2 Å². The lowest BCUT2D eigenvalue weighted by Gasteiger charge is -2.08. The van der Waals surface area contributed by atoms with Crippen LogP contribution in [-0.4, -0.2) is 25.0 Å². The van der Waals surface area contributed by atoms with E-state index in [1.54, 1.807) is 24.8 Å². The summed E-state index contributed by atoms with van der Waals surface area (Å²) in [6, 6.07) is 11.5. The predicted octanol–water partition coefficient (Wildman–Crippen LogP) is 2.67. The largest absolute Gasteiger partial charge is 0.300 e. The van der Waals surface area contributed by atoms with Crippen LogP contribution in [0.1, 0.15) is 0 Å². The molecule has 0 radical (unpaired) electrons. The van der Waals surface area contributed by atoms with Gasteiger partial charge in [0.25, 0.3) is 0 Å². The summed E-state index contributed by atoms with van der Waals surface area (Å²) in [6.07, 6.45) is 8.86. The van der Waals surface area contributed by atoms with Crippen molar-refractivity contribution in [2.75, 3.05) is 6.26 Å². The van der Waals surface area contributed by atoms with Crippen LogP contribution < -0.4 is 0 Å². The number of imidazole rings is 1. The molecule has 1 aromatic carbocycles. The standard InChI is InChI=1S/C15H13N3OS/c1-20(19)14-4-2-12(3-5-14)15-17-10-11-18(15)13-6-8-16-9-7-13/h2-11H,1H3. The zero-order valence-electron chi connectivity index (χ0n) is 10.9. The van der Waals surface area contributed by atoms with E-state index in [9.17, 15) is 4.21 Å². The molecule has 0 aliphatic carbocycles. The Bertz CT molecular complexity index is 735. The Labute approximate surface area is 119 Å². The molecular formula is C15H13N3OS. The molecule has 100 valence electrons. The van der Waals surface area contributed by atoms with Gasteiger partial charge >= 0.3 is 0 Å². The van der Waals surface area contributed by atoms with Gasteiger partial charge in [-0.25, -0.2) is 4.98 Å². The Morgan fingerprint density at radius 2 is 1.70 bits per heavy atom. The van der Waals surface area contributed by atoms with Crippen molar-refractivity contribution < 1.29 is 4.21 Å². The zero-order valence-corrected chi connectivity index (χ0v) is 11.7. The molecule has 0 N–H and O–H groups in total. The summed E-state index contributed by atoms with van der Waals surface area (Å²) in [7, 11) is -0.961. The fourth-order valence-electron chi connectivity index (χ4n) is 2.03. The van der Waals surface area contributed by atoms with Gasteiger partial charge in [-0.1, -0.05) is 12.1 Å². The van der Waals surface area contributed by atoms with E-state index in [0.717, 1.165) is 22.0 Å². The molecule has 2 aromatic heterocycles. The van der Waals surface area contributed by atoms with Crippen LogP contribution >= 0.6 is 0 Å². The van der Waals surface area contributed by atoms with Crippen LogP contribution in [0.4, 0.5) is 0 Å². The van der Waals surface area contributed by atoms with Gasteiger partial charge in [0.2, 0.25) is 0 Å². The van der Waals surface area contributed by atoms with E-state index in [-0.39, 0.29) is 0 Å². The van der Waals surface area contributed by atoms with Crippen LogP contribution in [0.2, 0.25) is 0 Å². The summed E-state index contributed by atoms with van der Waals surface area (Å²) in [4.78, 5) is 9.24. The number of benzene rings is 1. The smallest absolute Gasteiger partial charge is 0.144 e. The third-order valence-corrected chi connectivity index (χ3v) is 3.96. The highest BCUT2D eigenvalue weighted by Gasteiger charge is 2.08. The van der Waals surface area contributed by atoms with Crippen LogP contribution in [0.15, 0.2) is 66.1 Å². The van der Waals surface area contributed by atoms with Crippen molar-refractivity contribution in [2.24, 2.45) is 0 Å². The van der Waals surface area contributed by atoms with Gasteiger partial charge in [0, 0.05) is 52.3 Å². The molecule has 0 aliphatic rings. The predicted molar refractivity (Wildman–Crippen MR) is 79.1 cm³/mol. The van der Waals surface area contributed by atoms with Gasteiger partial charge in [0.05, 0.1) is 5.69 Å². The van der Waals surface area contributed by atoms with Crippen LogP contribution in [0.5, 0.6) is 0 Å². The molecule has 0 saturated carbocycles. The second-order valence-electron chi connectivity index (χ2n) is 4.30. The molecule has 0 aliphatic heterocycles. The SMILES string of the molecule is CS(=O)c1ccc(-c2nccn2-c2ccncc2)cc1. The quantitative estimate of drug-likeness (QED) is 0.742. The van der Waals surface area contributed by atoms with Crippen molar-refractivity contribution in [2.45, 2.75) is 4.90 Å². The number of aromatic nitrogens is 3. The molecular weight excluding hydrogens is 270 g/mol. The summed E-state index contributed by atoms with van der Waals surface area (Å²) >= 11 is 0. The van der Waals surface area contributed by atoms with E-state index in [2.05, 4.69) is 9.97 Å². The summed E-state index contributed by atoms with van der Waals surface area (Å²) < 4.78 is 13.4.